The van der Waals surface area contributed by atoms with Gasteiger partial charge in [0.1, 0.15) is 5.75 Å². The quantitative estimate of drug-likeness (QED) is 0.439. The molecule has 8 heteroatoms. The number of fused-ring (bicyclic) bond motifs is 5. The number of methoxy groups -OCH3 is 1. The average Bonchev–Trinajstić information content (AvgIpc) is 2.91. The minimum absolute atomic E-state index is 0.895. The number of rotatable bonds is 1. The van der Waals surface area contributed by atoms with Gasteiger partial charge in [0.15, 0.2) is 0 Å². The van der Waals surface area contributed by atoms with Crippen molar-refractivity contribution in [1.29, 1.82) is 0 Å². The van der Waals surface area contributed by atoms with Crippen LogP contribution in [0.4, 0.5) is 0 Å². The predicted octanol–water partition coefficient (Wildman–Crippen LogP) is -0.774. The van der Waals surface area contributed by atoms with Crippen LogP contribution in [-0.2, 0) is 0 Å². The summed E-state index contributed by atoms with van der Waals surface area (Å²) in [5.74, 6) is 0.895. The summed E-state index contributed by atoms with van der Waals surface area (Å²) in [6.07, 6.45) is 0. The fourth-order valence-electron chi connectivity index (χ4n) is 2.55. The first-order chi connectivity index (χ1) is 11.4. The normalized spacial score (nSPS) is 11.5. The summed E-state index contributed by atoms with van der Waals surface area (Å²) in [5, 5.41) is 4.71. The molecule has 1 N–H and O–H groups in total. The van der Waals surface area contributed by atoms with Crippen molar-refractivity contribution in [2.24, 2.45) is 0 Å². The Labute approximate surface area is 143 Å². The van der Waals surface area contributed by atoms with Gasteiger partial charge < -0.3 is 4.74 Å². The maximum atomic E-state index is 8.49. The van der Waals surface area contributed by atoms with E-state index in [0.29, 0.717) is 0 Å². The first-order valence-electron chi connectivity index (χ1n) is 6.77. The monoisotopic (exact) mass is 365 g/mol. The minimum Gasteiger partial charge on any atom is -0.497 e. The lowest BCUT2D eigenvalue weighted by molar-refractivity contribution is -2.00. The molecule has 4 rings (SSSR count). The van der Waals surface area contributed by atoms with E-state index in [-0.39, 0.29) is 0 Å². The number of aromatic amines is 1. The first kappa shape index (κ1) is 16.8. The molecule has 0 aliphatic carbocycles. The summed E-state index contributed by atoms with van der Waals surface area (Å²) in [5.41, 5.74) is 3.62. The maximum absolute atomic E-state index is 8.49. The second-order valence-electron chi connectivity index (χ2n) is 4.94. The number of halogens is 1. The molecular formula is C16H12ClNO5S. The van der Waals surface area contributed by atoms with Gasteiger partial charge in [-0.1, -0.05) is 12.1 Å². The fraction of sp³-hybridized carbons (Fsp3) is 0.0625. The Hall–Kier alpha value is -2.00. The molecule has 24 heavy (non-hydrogen) atoms. The molecule has 0 unspecified atom stereocenters. The number of aromatic nitrogens is 1. The smallest absolute Gasteiger partial charge is 0.221 e. The molecule has 2 aromatic rings. The molecule has 124 valence electrons. The van der Waals surface area contributed by atoms with Crippen LogP contribution in [0.3, 0.4) is 0 Å². The molecule has 2 heterocycles. The van der Waals surface area contributed by atoms with Crippen molar-refractivity contribution in [3.05, 3.63) is 47.8 Å². The van der Waals surface area contributed by atoms with Gasteiger partial charge in [-0.3, -0.25) is 0 Å². The maximum Gasteiger partial charge on any atom is 0.221 e. The molecule has 2 aliphatic rings. The first-order valence-corrected chi connectivity index (χ1v) is 8.89. The summed E-state index contributed by atoms with van der Waals surface area (Å²) in [6.45, 7) is 0. The van der Waals surface area contributed by atoms with E-state index in [1.807, 2.05) is 6.07 Å². The molecule has 0 bridgehead atoms. The van der Waals surface area contributed by atoms with E-state index in [9.17, 15) is 0 Å². The van der Waals surface area contributed by atoms with Crippen molar-refractivity contribution >= 4 is 32.3 Å². The lowest BCUT2D eigenvalue weighted by Gasteiger charge is -2.17. The number of nitrogens with one attached hydrogen (secondary N) is 1. The van der Waals surface area contributed by atoms with E-state index in [1.165, 1.54) is 26.7 Å². The van der Waals surface area contributed by atoms with E-state index >= 15 is 0 Å². The largest absolute Gasteiger partial charge is 0.497 e. The van der Waals surface area contributed by atoms with E-state index in [1.54, 1.807) is 18.4 Å². The lowest BCUT2D eigenvalue weighted by atomic mass is 10.1. The number of ether oxygens (including phenoxy) is 1. The highest BCUT2D eigenvalue weighted by Gasteiger charge is 2.21. The third kappa shape index (κ3) is 3.57. The molecular weight excluding hydrogens is 354 g/mol. The zero-order chi connectivity index (χ0) is 17.3. The van der Waals surface area contributed by atoms with Gasteiger partial charge in [-0.05, 0) is 24.3 Å². The van der Waals surface area contributed by atoms with Crippen molar-refractivity contribution < 1.29 is 38.6 Å². The standard InChI is InChI=1S/C16H11NOS.ClHO4/c1-18-10-6-7-14-12(8-10)13-9-19-15-5-3-2-4-11(15)16(13)17-14;2-1(3,4)5/h2-9H,1H3;(H,2,3,4,5). The van der Waals surface area contributed by atoms with Crippen molar-refractivity contribution in [3.8, 4) is 17.0 Å². The Balaban J connectivity index is 0.000000300. The van der Waals surface area contributed by atoms with Gasteiger partial charge in [0.05, 0.1) is 23.4 Å². The average molecular weight is 366 g/mol. The van der Waals surface area contributed by atoms with Gasteiger partial charge in [0, 0.05) is 16.1 Å². The van der Waals surface area contributed by atoms with E-state index in [4.69, 9.17) is 23.4 Å². The van der Waals surface area contributed by atoms with Crippen LogP contribution in [0.5, 0.6) is 5.75 Å². The molecule has 0 saturated carbocycles. The van der Waals surface area contributed by atoms with E-state index in [0.717, 1.165) is 11.3 Å². The molecule has 0 aromatic heterocycles. The molecule has 0 spiro atoms. The molecule has 2 aliphatic heterocycles. The highest BCUT2D eigenvalue weighted by atomic mass is 35.7. The summed E-state index contributed by atoms with van der Waals surface area (Å²) in [4.78, 5) is 3.52. The van der Waals surface area contributed by atoms with Crippen molar-refractivity contribution in [1.82, 2.24) is 0 Å². The Morgan fingerprint density at radius 2 is 1.71 bits per heavy atom. The van der Waals surface area contributed by atoms with Gasteiger partial charge in [-0.15, -0.1) is 21.6 Å². The molecule has 0 saturated heterocycles. The van der Waals surface area contributed by atoms with E-state index < -0.39 is 10.2 Å². The third-order valence-corrected chi connectivity index (χ3v) is 4.47. The second-order valence-corrected chi connectivity index (χ2v) is 6.60. The van der Waals surface area contributed by atoms with Crippen LogP contribution in [0.2, 0.25) is 0 Å². The van der Waals surface area contributed by atoms with E-state index in [2.05, 4.69) is 46.8 Å². The van der Waals surface area contributed by atoms with Gasteiger partial charge in [-0.25, -0.2) is 23.6 Å². The van der Waals surface area contributed by atoms with Crippen LogP contribution in [0.15, 0.2) is 47.8 Å². The Morgan fingerprint density at radius 1 is 1.00 bits per heavy atom. The fourth-order valence-corrected chi connectivity index (χ4v) is 3.50. The molecule has 0 atom stereocenters. The van der Waals surface area contributed by atoms with Gasteiger partial charge in [-0.2, -0.15) is 0 Å². The van der Waals surface area contributed by atoms with Crippen LogP contribution in [0.1, 0.15) is 0 Å². The molecule has 0 radical (unpaired) electrons. The Bertz CT molecular complexity index is 960. The van der Waals surface area contributed by atoms with Gasteiger partial charge in [0.2, 0.25) is 11.2 Å². The molecule has 2 aromatic carbocycles. The highest BCUT2D eigenvalue weighted by Crippen LogP contribution is 2.37. The van der Waals surface area contributed by atoms with Crippen molar-refractivity contribution in [2.75, 3.05) is 7.11 Å². The summed E-state index contributed by atoms with van der Waals surface area (Å²) in [6, 6.07) is 14.6. The number of H-pyrrole nitrogens is 1. The van der Waals surface area contributed by atoms with Crippen molar-refractivity contribution in [3.63, 3.8) is 0 Å². The molecule has 0 amide bonds. The molecule has 0 fully saturated rings. The predicted molar refractivity (Wildman–Crippen MR) is 79.1 cm³/mol. The number of hydrogen-bond donors (Lipinski definition) is 0. The van der Waals surface area contributed by atoms with Crippen molar-refractivity contribution in [2.45, 2.75) is 0 Å². The topological polar surface area (TPSA) is 116 Å². The highest BCUT2D eigenvalue weighted by molar-refractivity contribution is 7.17. The molecule has 6 nitrogen and oxygen atoms in total. The Morgan fingerprint density at radius 3 is 2.42 bits per heavy atom. The van der Waals surface area contributed by atoms with Crippen LogP contribution >= 0.6 is 11.3 Å². The second kappa shape index (κ2) is 6.48. The number of benzene rings is 2. The van der Waals surface area contributed by atoms with Crippen LogP contribution in [0, 0.1) is 10.2 Å². The third-order valence-electron chi connectivity index (χ3n) is 3.51. The Kier molecular flexibility index (Phi) is 4.55. The summed E-state index contributed by atoms with van der Waals surface area (Å²) >= 11 is 1.78. The number of hydrogen-bond acceptors (Lipinski definition) is 6. The van der Waals surface area contributed by atoms with Crippen LogP contribution in [0.25, 0.3) is 32.2 Å². The summed E-state index contributed by atoms with van der Waals surface area (Å²) in [7, 11) is -3.24. The SMILES string of the molecule is COc1ccc2[nH+]c3c4ccccc4scc-3c2c1.[O-][Cl+3]([O-])([O-])[O-]. The van der Waals surface area contributed by atoms with Gasteiger partial charge >= 0.3 is 0 Å². The zero-order valence-corrected chi connectivity index (χ0v) is 14.0. The van der Waals surface area contributed by atoms with Gasteiger partial charge in [0.25, 0.3) is 0 Å². The lowest BCUT2D eigenvalue weighted by Crippen LogP contribution is -2.68. The van der Waals surface area contributed by atoms with Crippen LogP contribution in [-0.4, -0.2) is 7.11 Å². The van der Waals surface area contributed by atoms with Crippen LogP contribution < -0.4 is 28.4 Å². The summed E-state index contributed by atoms with van der Waals surface area (Å²) < 4.78 is 40.6. The minimum atomic E-state index is -4.94. The zero-order valence-electron chi connectivity index (χ0n) is 12.4.